The van der Waals surface area contributed by atoms with Crippen molar-refractivity contribution in [2.75, 3.05) is 6.54 Å². The predicted octanol–water partition coefficient (Wildman–Crippen LogP) is 3.01. The summed E-state index contributed by atoms with van der Waals surface area (Å²) >= 11 is 4.93. The molecule has 3 nitrogen and oxygen atoms in total. The van der Waals surface area contributed by atoms with Crippen molar-refractivity contribution in [3.8, 4) is 0 Å². The van der Waals surface area contributed by atoms with Gasteiger partial charge in [0.05, 0.1) is 4.99 Å². The minimum Gasteiger partial charge on any atom is -0.393 e. The van der Waals surface area contributed by atoms with Crippen LogP contribution in [0.15, 0.2) is 0 Å². The highest BCUT2D eigenvalue weighted by molar-refractivity contribution is 7.80. The number of carbonyl (C=O) groups is 1. The van der Waals surface area contributed by atoms with Crippen molar-refractivity contribution >= 4 is 23.1 Å². The minimum absolute atomic E-state index is 0.339. The van der Waals surface area contributed by atoms with Gasteiger partial charge < -0.3 is 10.6 Å². The van der Waals surface area contributed by atoms with Gasteiger partial charge in [-0.3, -0.25) is 4.79 Å². The maximum absolute atomic E-state index is 12.5. The molecule has 0 aliphatic heterocycles. The van der Waals surface area contributed by atoms with E-state index in [0.29, 0.717) is 29.3 Å². The molecule has 0 spiro atoms. The number of nitrogens with zero attached hydrogens (tertiary/aromatic N) is 1. The fourth-order valence-electron chi connectivity index (χ4n) is 3.06. The van der Waals surface area contributed by atoms with E-state index in [1.54, 1.807) is 0 Å². The van der Waals surface area contributed by atoms with Gasteiger partial charge in [0.25, 0.3) is 0 Å². The Morgan fingerprint density at radius 3 is 2.26 bits per heavy atom. The van der Waals surface area contributed by atoms with Gasteiger partial charge in [-0.05, 0) is 31.6 Å². The van der Waals surface area contributed by atoms with Gasteiger partial charge in [-0.1, -0.05) is 37.9 Å². The molecule has 0 radical (unpaired) electrons. The van der Waals surface area contributed by atoms with E-state index in [4.69, 9.17) is 18.0 Å². The van der Waals surface area contributed by atoms with Crippen LogP contribution in [-0.4, -0.2) is 28.4 Å². The summed E-state index contributed by atoms with van der Waals surface area (Å²) < 4.78 is 0. The highest BCUT2D eigenvalue weighted by atomic mass is 32.1. The largest absolute Gasteiger partial charge is 0.393 e. The molecule has 0 unspecified atom stereocenters. The molecular formula is C15H26N2OS. The molecule has 2 aliphatic rings. The van der Waals surface area contributed by atoms with E-state index < -0.39 is 0 Å². The van der Waals surface area contributed by atoms with Crippen LogP contribution in [0.5, 0.6) is 0 Å². The van der Waals surface area contributed by atoms with Crippen LogP contribution in [0.2, 0.25) is 0 Å². The van der Waals surface area contributed by atoms with Crippen LogP contribution in [-0.2, 0) is 4.79 Å². The molecule has 0 saturated heterocycles. The molecule has 4 heteroatoms. The zero-order valence-electron chi connectivity index (χ0n) is 11.8. The van der Waals surface area contributed by atoms with Crippen LogP contribution in [0.1, 0.15) is 64.2 Å². The molecule has 0 heterocycles. The number of carbonyl (C=O) groups excluding carboxylic acids is 1. The number of thiocarbonyl (C=S) groups is 1. The molecule has 2 saturated carbocycles. The van der Waals surface area contributed by atoms with E-state index in [9.17, 15) is 4.79 Å². The molecule has 0 aromatic carbocycles. The highest BCUT2D eigenvalue weighted by Gasteiger charge is 2.33. The second-order valence-corrected chi connectivity index (χ2v) is 6.62. The van der Waals surface area contributed by atoms with E-state index in [1.807, 2.05) is 4.90 Å². The third-order valence-corrected chi connectivity index (χ3v) is 4.55. The van der Waals surface area contributed by atoms with E-state index in [1.165, 1.54) is 38.5 Å². The average molecular weight is 282 g/mol. The fourth-order valence-corrected chi connectivity index (χ4v) is 3.15. The normalized spacial score (nSPS) is 20.8. The summed E-state index contributed by atoms with van der Waals surface area (Å²) in [6.07, 6.45) is 11.5. The van der Waals surface area contributed by atoms with Crippen LogP contribution in [0, 0.1) is 5.92 Å². The fraction of sp³-hybridized carbons (Fsp3) is 0.867. The Bertz CT molecular complexity index is 320. The van der Waals surface area contributed by atoms with Crippen molar-refractivity contribution in [1.82, 2.24) is 4.90 Å². The topological polar surface area (TPSA) is 46.3 Å². The van der Waals surface area contributed by atoms with Crippen LogP contribution in [0.3, 0.4) is 0 Å². The third kappa shape index (κ3) is 5.09. The lowest BCUT2D eigenvalue weighted by atomic mass is 9.96. The van der Waals surface area contributed by atoms with E-state index in [-0.39, 0.29) is 0 Å². The summed E-state index contributed by atoms with van der Waals surface area (Å²) in [5, 5.41) is 0. The standard InChI is InChI=1S/C15H26N2OS/c16-14(19)9-10-17(13-7-8-13)15(18)11-12-5-3-1-2-4-6-12/h12-13H,1-11H2,(H2,16,19). The first-order valence-electron chi connectivity index (χ1n) is 7.74. The molecule has 1 amide bonds. The summed E-state index contributed by atoms with van der Waals surface area (Å²) in [5.74, 6) is 0.951. The van der Waals surface area contributed by atoms with Crippen LogP contribution < -0.4 is 5.73 Å². The Kier molecular flexibility index (Phi) is 5.61. The van der Waals surface area contributed by atoms with E-state index >= 15 is 0 Å². The maximum atomic E-state index is 12.5. The minimum atomic E-state index is 0.339. The van der Waals surface area contributed by atoms with Gasteiger partial charge in [-0.25, -0.2) is 0 Å². The van der Waals surface area contributed by atoms with Gasteiger partial charge >= 0.3 is 0 Å². The number of hydrogen-bond donors (Lipinski definition) is 1. The zero-order chi connectivity index (χ0) is 13.7. The second-order valence-electron chi connectivity index (χ2n) is 6.10. The number of hydrogen-bond acceptors (Lipinski definition) is 2. The summed E-state index contributed by atoms with van der Waals surface area (Å²) in [7, 11) is 0. The van der Waals surface area contributed by atoms with Gasteiger partial charge in [-0.2, -0.15) is 0 Å². The lowest BCUT2D eigenvalue weighted by Crippen LogP contribution is -2.36. The SMILES string of the molecule is NC(=S)CCN(C(=O)CC1CCCCCC1)C1CC1. The predicted molar refractivity (Wildman–Crippen MR) is 81.9 cm³/mol. The Labute approximate surface area is 121 Å². The molecule has 2 N–H and O–H groups in total. The first-order chi connectivity index (χ1) is 9.16. The van der Waals surface area contributed by atoms with Gasteiger partial charge in [0.1, 0.15) is 0 Å². The lowest BCUT2D eigenvalue weighted by Gasteiger charge is -2.24. The number of nitrogens with two attached hydrogens (primary N) is 1. The van der Waals surface area contributed by atoms with E-state index in [0.717, 1.165) is 25.8 Å². The number of amides is 1. The van der Waals surface area contributed by atoms with Crippen molar-refractivity contribution in [2.24, 2.45) is 11.7 Å². The Hall–Kier alpha value is -0.640. The molecule has 108 valence electrons. The van der Waals surface area contributed by atoms with Gasteiger partial charge in [-0.15, -0.1) is 0 Å². The molecule has 2 rings (SSSR count). The molecule has 0 aromatic heterocycles. The van der Waals surface area contributed by atoms with Crippen molar-refractivity contribution < 1.29 is 4.79 Å². The smallest absolute Gasteiger partial charge is 0.223 e. The quantitative estimate of drug-likeness (QED) is 0.602. The molecular weight excluding hydrogens is 256 g/mol. The molecule has 0 aromatic rings. The van der Waals surface area contributed by atoms with Crippen molar-refractivity contribution in [1.29, 1.82) is 0 Å². The lowest BCUT2D eigenvalue weighted by molar-refractivity contribution is -0.132. The van der Waals surface area contributed by atoms with E-state index in [2.05, 4.69) is 0 Å². The summed E-state index contributed by atoms with van der Waals surface area (Å²) in [4.78, 5) is 15.0. The summed E-state index contributed by atoms with van der Waals surface area (Å²) in [6.45, 7) is 0.728. The second kappa shape index (κ2) is 7.22. The Morgan fingerprint density at radius 1 is 1.11 bits per heavy atom. The molecule has 2 aliphatic carbocycles. The molecule has 0 bridgehead atoms. The van der Waals surface area contributed by atoms with Crippen molar-refractivity contribution in [2.45, 2.75) is 70.3 Å². The average Bonchev–Trinajstić information content (AvgIpc) is 3.16. The van der Waals surface area contributed by atoms with Crippen LogP contribution >= 0.6 is 12.2 Å². The number of rotatable bonds is 6. The Balaban J connectivity index is 1.82. The molecule has 2 fully saturated rings. The van der Waals surface area contributed by atoms with Crippen LogP contribution in [0.4, 0.5) is 0 Å². The van der Waals surface area contributed by atoms with Crippen molar-refractivity contribution in [3.05, 3.63) is 0 Å². The van der Waals surface area contributed by atoms with Gasteiger partial charge in [0, 0.05) is 25.4 Å². The summed E-state index contributed by atoms with van der Waals surface area (Å²) in [6, 6.07) is 0.479. The highest BCUT2D eigenvalue weighted by Crippen LogP contribution is 2.30. The maximum Gasteiger partial charge on any atom is 0.223 e. The monoisotopic (exact) mass is 282 g/mol. The van der Waals surface area contributed by atoms with Crippen LogP contribution in [0.25, 0.3) is 0 Å². The van der Waals surface area contributed by atoms with Gasteiger partial charge in [0.2, 0.25) is 5.91 Å². The first-order valence-corrected chi connectivity index (χ1v) is 8.15. The Morgan fingerprint density at radius 2 is 1.74 bits per heavy atom. The third-order valence-electron chi connectivity index (χ3n) is 4.35. The first kappa shape index (κ1) is 14.8. The molecule has 0 atom stereocenters. The van der Waals surface area contributed by atoms with Gasteiger partial charge in [0.15, 0.2) is 0 Å². The summed E-state index contributed by atoms with van der Waals surface area (Å²) in [5.41, 5.74) is 5.56. The van der Waals surface area contributed by atoms with Crippen molar-refractivity contribution in [3.63, 3.8) is 0 Å². The molecule has 19 heavy (non-hydrogen) atoms. The zero-order valence-corrected chi connectivity index (χ0v) is 12.6.